The number of hydrogen-bond donors (Lipinski definition) is 1. The number of amides is 1. The summed E-state index contributed by atoms with van der Waals surface area (Å²) in [5.74, 6) is 0.365. The lowest BCUT2D eigenvalue weighted by Gasteiger charge is -2.17. The summed E-state index contributed by atoms with van der Waals surface area (Å²) in [7, 11) is 0. The summed E-state index contributed by atoms with van der Waals surface area (Å²) in [4.78, 5) is 14.5. The Balaban J connectivity index is 1.51. The molecule has 0 unspecified atom stereocenters. The minimum absolute atomic E-state index is 0.0436. The van der Waals surface area contributed by atoms with Crippen LogP contribution in [0.15, 0.2) is 48.5 Å². The molecular formula is C20H23ClN2O2. The number of carbonyl (C=O) groups is 1. The number of ether oxygens (including phenoxy) is 1. The van der Waals surface area contributed by atoms with E-state index in [0.29, 0.717) is 17.3 Å². The molecule has 0 spiro atoms. The number of para-hydroxylation sites is 1. The van der Waals surface area contributed by atoms with Gasteiger partial charge < -0.3 is 10.1 Å². The van der Waals surface area contributed by atoms with Crippen LogP contribution in [0.5, 0.6) is 5.75 Å². The highest BCUT2D eigenvalue weighted by Gasteiger charge is 2.14. The van der Waals surface area contributed by atoms with Crippen molar-refractivity contribution in [3.05, 3.63) is 64.7 Å². The van der Waals surface area contributed by atoms with Crippen molar-refractivity contribution in [2.45, 2.75) is 25.9 Å². The summed E-state index contributed by atoms with van der Waals surface area (Å²) in [5, 5.41) is 3.43. The maximum Gasteiger partial charge on any atom is 0.258 e. The molecule has 0 saturated carbocycles. The fourth-order valence-corrected chi connectivity index (χ4v) is 3.21. The first-order valence-corrected chi connectivity index (χ1v) is 9.03. The molecule has 2 aromatic rings. The largest absolute Gasteiger partial charge is 0.482 e. The van der Waals surface area contributed by atoms with Crippen molar-refractivity contribution < 1.29 is 9.53 Å². The van der Waals surface area contributed by atoms with Gasteiger partial charge in [-0.25, -0.2) is 0 Å². The lowest BCUT2D eigenvalue weighted by atomic mass is 10.1. The molecule has 0 aliphatic carbocycles. The van der Waals surface area contributed by atoms with E-state index in [4.69, 9.17) is 16.3 Å². The summed E-state index contributed by atoms with van der Waals surface area (Å²) in [6.45, 7) is 3.73. The van der Waals surface area contributed by atoms with Gasteiger partial charge in [0.25, 0.3) is 5.91 Å². The van der Waals surface area contributed by atoms with Gasteiger partial charge in [0, 0.05) is 13.1 Å². The first-order chi connectivity index (χ1) is 12.2. The second-order valence-electron chi connectivity index (χ2n) is 6.25. The standard InChI is InChI=1S/C20H23ClN2O2/c21-18-9-3-4-10-19(18)25-15-20(24)22-13-16-7-1-2-8-17(16)14-23-11-5-6-12-23/h1-4,7-10H,5-6,11-15H2,(H,22,24). The van der Waals surface area contributed by atoms with Crippen molar-refractivity contribution in [3.63, 3.8) is 0 Å². The molecule has 1 amide bonds. The molecule has 3 rings (SSSR count). The maximum atomic E-state index is 12.1. The minimum Gasteiger partial charge on any atom is -0.482 e. The molecular weight excluding hydrogens is 336 g/mol. The molecule has 0 atom stereocenters. The van der Waals surface area contributed by atoms with E-state index in [-0.39, 0.29) is 12.5 Å². The van der Waals surface area contributed by atoms with Crippen LogP contribution < -0.4 is 10.1 Å². The number of nitrogens with zero attached hydrogens (tertiary/aromatic N) is 1. The molecule has 2 aromatic carbocycles. The predicted molar refractivity (Wildman–Crippen MR) is 99.7 cm³/mol. The van der Waals surface area contributed by atoms with Gasteiger partial charge in [0.05, 0.1) is 5.02 Å². The van der Waals surface area contributed by atoms with E-state index in [1.54, 1.807) is 12.1 Å². The average molecular weight is 359 g/mol. The second-order valence-corrected chi connectivity index (χ2v) is 6.65. The molecule has 1 fully saturated rings. The number of likely N-dealkylation sites (tertiary alicyclic amines) is 1. The van der Waals surface area contributed by atoms with Gasteiger partial charge in [-0.05, 0) is 49.2 Å². The average Bonchev–Trinajstić information content (AvgIpc) is 3.13. The van der Waals surface area contributed by atoms with Crippen LogP contribution in [0.2, 0.25) is 5.02 Å². The zero-order valence-corrected chi connectivity index (χ0v) is 15.0. The molecule has 0 aromatic heterocycles. The molecule has 1 aliphatic rings. The van der Waals surface area contributed by atoms with Gasteiger partial charge in [0.15, 0.2) is 6.61 Å². The van der Waals surface area contributed by atoms with Crippen LogP contribution in [0.3, 0.4) is 0 Å². The molecule has 0 bridgehead atoms. The summed E-state index contributed by atoms with van der Waals surface area (Å²) in [6.07, 6.45) is 2.55. The van der Waals surface area contributed by atoms with E-state index >= 15 is 0 Å². The van der Waals surface area contributed by atoms with Crippen LogP contribution in [0.4, 0.5) is 0 Å². The third-order valence-electron chi connectivity index (χ3n) is 4.38. The van der Waals surface area contributed by atoms with E-state index in [0.717, 1.165) is 25.2 Å². The SMILES string of the molecule is O=C(COc1ccccc1Cl)NCc1ccccc1CN1CCCC1. The van der Waals surface area contributed by atoms with Crippen LogP contribution in [-0.2, 0) is 17.9 Å². The Kier molecular flexibility index (Phi) is 6.31. The van der Waals surface area contributed by atoms with Crippen molar-refractivity contribution in [2.75, 3.05) is 19.7 Å². The van der Waals surface area contributed by atoms with Gasteiger partial charge in [0.2, 0.25) is 0 Å². The van der Waals surface area contributed by atoms with Crippen LogP contribution in [0.25, 0.3) is 0 Å². The van der Waals surface area contributed by atoms with Crippen LogP contribution >= 0.6 is 11.6 Å². The topological polar surface area (TPSA) is 41.6 Å². The monoisotopic (exact) mass is 358 g/mol. The number of carbonyl (C=O) groups excluding carboxylic acids is 1. The molecule has 0 radical (unpaired) electrons. The number of nitrogens with one attached hydrogen (secondary N) is 1. The fourth-order valence-electron chi connectivity index (χ4n) is 3.02. The molecule has 1 aliphatic heterocycles. The molecule has 4 nitrogen and oxygen atoms in total. The molecule has 1 saturated heterocycles. The Morgan fingerprint density at radius 1 is 1.04 bits per heavy atom. The lowest BCUT2D eigenvalue weighted by molar-refractivity contribution is -0.123. The quantitative estimate of drug-likeness (QED) is 0.821. The van der Waals surface area contributed by atoms with Crippen molar-refractivity contribution in [2.24, 2.45) is 0 Å². The van der Waals surface area contributed by atoms with Crippen molar-refractivity contribution >= 4 is 17.5 Å². The van der Waals surface area contributed by atoms with Crippen LogP contribution in [-0.4, -0.2) is 30.5 Å². The zero-order valence-electron chi connectivity index (χ0n) is 14.2. The summed E-state index contributed by atoms with van der Waals surface area (Å²) >= 11 is 6.02. The lowest BCUT2D eigenvalue weighted by Crippen LogP contribution is -2.29. The Hall–Kier alpha value is -2.04. The summed E-state index contributed by atoms with van der Waals surface area (Å²) < 4.78 is 5.47. The highest BCUT2D eigenvalue weighted by atomic mass is 35.5. The van der Waals surface area contributed by atoms with Gasteiger partial charge in [-0.15, -0.1) is 0 Å². The Morgan fingerprint density at radius 2 is 1.72 bits per heavy atom. The predicted octanol–water partition coefficient (Wildman–Crippen LogP) is 3.63. The summed E-state index contributed by atoms with van der Waals surface area (Å²) in [6, 6.07) is 15.4. The van der Waals surface area contributed by atoms with E-state index in [1.165, 1.54) is 18.4 Å². The first-order valence-electron chi connectivity index (χ1n) is 8.65. The minimum atomic E-state index is -0.157. The molecule has 1 heterocycles. The van der Waals surface area contributed by atoms with Gasteiger partial charge in [-0.1, -0.05) is 48.0 Å². The van der Waals surface area contributed by atoms with E-state index < -0.39 is 0 Å². The van der Waals surface area contributed by atoms with Crippen LogP contribution in [0, 0.1) is 0 Å². The van der Waals surface area contributed by atoms with Crippen molar-refractivity contribution in [1.82, 2.24) is 10.2 Å². The molecule has 5 heteroatoms. The number of benzene rings is 2. The summed E-state index contributed by atoms with van der Waals surface area (Å²) in [5.41, 5.74) is 2.43. The molecule has 25 heavy (non-hydrogen) atoms. The Labute approximate surface area is 153 Å². The third-order valence-corrected chi connectivity index (χ3v) is 4.69. The van der Waals surface area contributed by atoms with Gasteiger partial charge >= 0.3 is 0 Å². The Morgan fingerprint density at radius 3 is 2.48 bits per heavy atom. The number of halogens is 1. The van der Waals surface area contributed by atoms with Gasteiger partial charge in [-0.2, -0.15) is 0 Å². The van der Waals surface area contributed by atoms with Gasteiger partial charge in [0.1, 0.15) is 5.75 Å². The number of rotatable bonds is 7. The van der Waals surface area contributed by atoms with Crippen molar-refractivity contribution in [1.29, 1.82) is 0 Å². The Bertz CT molecular complexity index is 714. The highest BCUT2D eigenvalue weighted by Crippen LogP contribution is 2.22. The smallest absolute Gasteiger partial charge is 0.258 e. The molecule has 132 valence electrons. The number of hydrogen-bond acceptors (Lipinski definition) is 3. The maximum absolute atomic E-state index is 12.1. The van der Waals surface area contributed by atoms with Crippen molar-refractivity contribution in [3.8, 4) is 5.75 Å². The molecule has 1 N–H and O–H groups in total. The zero-order chi connectivity index (χ0) is 17.5. The van der Waals surface area contributed by atoms with Crippen LogP contribution in [0.1, 0.15) is 24.0 Å². The highest BCUT2D eigenvalue weighted by molar-refractivity contribution is 6.32. The normalized spacial score (nSPS) is 14.4. The second kappa shape index (κ2) is 8.88. The fraction of sp³-hybridized carbons (Fsp3) is 0.350. The van der Waals surface area contributed by atoms with E-state index in [2.05, 4.69) is 28.4 Å². The third kappa shape index (κ3) is 5.21. The van der Waals surface area contributed by atoms with Gasteiger partial charge in [-0.3, -0.25) is 9.69 Å². The van der Waals surface area contributed by atoms with E-state index in [1.807, 2.05) is 18.2 Å². The first kappa shape index (κ1) is 17.8. The van der Waals surface area contributed by atoms with E-state index in [9.17, 15) is 4.79 Å².